The maximum Gasteiger partial charge on any atom is 0.234 e. The van der Waals surface area contributed by atoms with Crippen molar-refractivity contribution in [3.05, 3.63) is 29.8 Å². The molecular formula is C14H23ClN2O2. The van der Waals surface area contributed by atoms with Crippen LogP contribution < -0.4 is 15.8 Å². The summed E-state index contributed by atoms with van der Waals surface area (Å²) >= 11 is 0. The highest BCUT2D eigenvalue weighted by molar-refractivity contribution is 5.85. The fourth-order valence-corrected chi connectivity index (χ4v) is 1.82. The molecule has 0 aliphatic rings. The van der Waals surface area contributed by atoms with Gasteiger partial charge in [-0.3, -0.25) is 4.79 Å². The first kappa shape index (κ1) is 17.7. The molecule has 0 bridgehead atoms. The van der Waals surface area contributed by atoms with E-state index in [1.807, 2.05) is 24.3 Å². The number of carbonyl (C=O) groups excluding carboxylic acids is 1. The molecule has 1 unspecified atom stereocenters. The van der Waals surface area contributed by atoms with Crippen LogP contribution >= 0.6 is 12.4 Å². The van der Waals surface area contributed by atoms with E-state index in [2.05, 4.69) is 12.2 Å². The van der Waals surface area contributed by atoms with E-state index < -0.39 is 0 Å². The van der Waals surface area contributed by atoms with Crippen LogP contribution in [0.3, 0.4) is 0 Å². The predicted octanol–water partition coefficient (Wildman–Crippen LogP) is 2.42. The number of hydrogen-bond donors (Lipinski definition) is 2. The highest BCUT2D eigenvalue weighted by atomic mass is 35.5. The summed E-state index contributed by atoms with van der Waals surface area (Å²) in [6.45, 7) is 2.16. The van der Waals surface area contributed by atoms with E-state index in [0.717, 1.165) is 30.6 Å². The second kappa shape index (κ2) is 9.64. The van der Waals surface area contributed by atoms with Crippen molar-refractivity contribution in [3.8, 4) is 5.75 Å². The molecule has 0 saturated carbocycles. The molecule has 1 amide bonds. The largest absolute Gasteiger partial charge is 0.497 e. The smallest absolute Gasteiger partial charge is 0.234 e. The van der Waals surface area contributed by atoms with Crippen LogP contribution in [-0.2, 0) is 4.79 Å². The molecule has 5 heteroatoms. The molecule has 0 saturated heterocycles. The van der Waals surface area contributed by atoms with Gasteiger partial charge >= 0.3 is 0 Å². The average molecular weight is 287 g/mol. The monoisotopic (exact) mass is 286 g/mol. The minimum atomic E-state index is -0.119. The van der Waals surface area contributed by atoms with Gasteiger partial charge in [0.2, 0.25) is 5.91 Å². The Bertz CT molecular complexity index is 368. The Morgan fingerprint density at radius 2 is 2.00 bits per heavy atom. The number of nitrogens with one attached hydrogen (secondary N) is 1. The fraction of sp³-hybridized carbons (Fsp3) is 0.500. The number of hydrogen-bond acceptors (Lipinski definition) is 3. The van der Waals surface area contributed by atoms with Gasteiger partial charge in [0.25, 0.3) is 0 Å². The Hall–Kier alpha value is -1.26. The van der Waals surface area contributed by atoms with Crippen LogP contribution in [0, 0.1) is 0 Å². The van der Waals surface area contributed by atoms with Gasteiger partial charge in [-0.15, -0.1) is 12.4 Å². The molecule has 0 heterocycles. The lowest BCUT2D eigenvalue weighted by Gasteiger charge is -2.19. The molecule has 0 spiro atoms. The number of nitrogens with two attached hydrogens (primary N) is 1. The summed E-state index contributed by atoms with van der Waals surface area (Å²) < 4.78 is 5.12. The Morgan fingerprint density at radius 1 is 1.37 bits per heavy atom. The highest BCUT2D eigenvalue weighted by Crippen LogP contribution is 2.22. The summed E-state index contributed by atoms with van der Waals surface area (Å²) in [6, 6.07) is 7.81. The van der Waals surface area contributed by atoms with Crippen molar-refractivity contribution in [2.75, 3.05) is 13.7 Å². The van der Waals surface area contributed by atoms with Crippen molar-refractivity contribution in [3.63, 3.8) is 0 Å². The first-order valence-corrected chi connectivity index (χ1v) is 6.34. The summed E-state index contributed by atoms with van der Waals surface area (Å²) in [5, 5.41) is 2.95. The molecule has 0 radical (unpaired) electrons. The van der Waals surface area contributed by atoms with Crippen LogP contribution in [0.2, 0.25) is 0 Å². The number of unbranched alkanes of at least 4 members (excludes halogenated alkanes) is 1. The topological polar surface area (TPSA) is 64.4 Å². The molecule has 19 heavy (non-hydrogen) atoms. The maximum absolute atomic E-state index is 11.4. The summed E-state index contributed by atoms with van der Waals surface area (Å²) in [5.41, 5.74) is 6.43. The van der Waals surface area contributed by atoms with E-state index in [9.17, 15) is 4.79 Å². The number of carbonyl (C=O) groups is 1. The van der Waals surface area contributed by atoms with Gasteiger partial charge in [0.05, 0.1) is 19.7 Å². The van der Waals surface area contributed by atoms with E-state index in [4.69, 9.17) is 10.5 Å². The molecule has 3 N–H and O–H groups in total. The molecule has 0 aliphatic heterocycles. The third kappa shape index (κ3) is 5.94. The van der Waals surface area contributed by atoms with Gasteiger partial charge in [0, 0.05) is 0 Å². The molecule has 108 valence electrons. The van der Waals surface area contributed by atoms with Gasteiger partial charge in [-0.1, -0.05) is 31.9 Å². The van der Waals surface area contributed by atoms with Crippen molar-refractivity contribution in [1.29, 1.82) is 0 Å². The molecule has 0 aliphatic carbocycles. The van der Waals surface area contributed by atoms with Gasteiger partial charge in [-0.05, 0) is 24.1 Å². The number of ether oxygens (including phenoxy) is 1. The standard InChI is InChI=1S/C14H22N2O2.ClH/c1-3-4-5-13(16-14(17)10-15)11-6-8-12(18-2)9-7-11;/h6-9,13H,3-5,10,15H2,1-2H3,(H,16,17);1H. The van der Waals surface area contributed by atoms with Gasteiger partial charge < -0.3 is 15.8 Å². The Labute approximate surface area is 121 Å². The van der Waals surface area contributed by atoms with Gasteiger partial charge in [-0.25, -0.2) is 0 Å². The zero-order chi connectivity index (χ0) is 13.4. The van der Waals surface area contributed by atoms with Crippen molar-refractivity contribution < 1.29 is 9.53 Å². The third-order valence-corrected chi connectivity index (χ3v) is 2.89. The summed E-state index contributed by atoms with van der Waals surface area (Å²) in [6.07, 6.45) is 3.10. The second-order valence-corrected chi connectivity index (χ2v) is 4.24. The van der Waals surface area contributed by atoms with E-state index in [-0.39, 0.29) is 30.9 Å². The predicted molar refractivity (Wildman–Crippen MR) is 79.7 cm³/mol. The number of methoxy groups -OCH3 is 1. The van der Waals surface area contributed by atoms with Crippen LogP contribution in [0.5, 0.6) is 5.75 Å². The number of rotatable bonds is 7. The van der Waals surface area contributed by atoms with Crippen molar-refractivity contribution >= 4 is 18.3 Å². The number of benzene rings is 1. The lowest BCUT2D eigenvalue weighted by Crippen LogP contribution is -2.33. The van der Waals surface area contributed by atoms with Crippen LogP contribution in [0.25, 0.3) is 0 Å². The van der Waals surface area contributed by atoms with Crippen molar-refractivity contribution in [1.82, 2.24) is 5.32 Å². The zero-order valence-electron chi connectivity index (χ0n) is 11.5. The minimum absolute atomic E-state index is 0. The molecule has 1 aromatic carbocycles. The zero-order valence-corrected chi connectivity index (χ0v) is 12.3. The minimum Gasteiger partial charge on any atom is -0.497 e. The molecule has 1 atom stereocenters. The molecule has 0 aromatic heterocycles. The lowest BCUT2D eigenvalue weighted by atomic mass is 10.0. The van der Waals surface area contributed by atoms with E-state index in [1.165, 1.54) is 0 Å². The third-order valence-electron chi connectivity index (χ3n) is 2.89. The fourth-order valence-electron chi connectivity index (χ4n) is 1.82. The van der Waals surface area contributed by atoms with E-state index in [0.29, 0.717) is 0 Å². The molecule has 1 aromatic rings. The maximum atomic E-state index is 11.4. The van der Waals surface area contributed by atoms with Gasteiger partial charge in [-0.2, -0.15) is 0 Å². The first-order chi connectivity index (χ1) is 8.71. The molecular weight excluding hydrogens is 264 g/mol. The second-order valence-electron chi connectivity index (χ2n) is 4.24. The van der Waals surface area contributed by atoms with Crippen molar-refractivity contribution in [2.45, 2.75) is 32.2 Å². The number of amides is 1. The Kier molecular flexibility index (Phi) is 9.00. The molecule has 0 fully saturated rings. The van der Waals surface area contributed by atoms with Crippen LogP contribution in [0.15, 0.2) is 24.3 Å². The van der Waals surface area contributed by atoms with Gasteiger partial charge in [0.1, 0.15) is 5.75 Å². The molecule has 1 rings (SSSR count). The SMILES string of the molecule is CCCCC(NC(=O)CN)c1ccc(OC)cc1.Cl. The highest BCUT2D eigenvalue weighted by Gasteiger charge is 2.13. The Morgan fingerprint density at radius 3 is 2.47 bits per heavy atom. The summed E-state index contributed by atoms with van der Waals surface area (Å²) in [7, 11) is 1.64. The summed E-state index contributed by atoms with van der Waals surface area (Å²) in [5.74, 6) is 0.699. The normalized spacial score (nSPS) is 11.3. The van der Waals surface area contributed by atoms with Gasteiger partial charge in [0.15, 0.2) is 0 Å². The molecule has 4 nitrogen and oxygen atoms in total. The van der Waals surface area contributed by atoms with E-state index >= 15 is 0 Å². The first-order valence-electron chi connectivity index (χ1n) is 6.34. The quantitative estimate of drug-likeness (QED) is 0.809. The number of halogens is 1. The van der Waals surface area contributed by atoms with Crippen LogP contribution in [0.4, 0.5) is 0 Å². The van der Waals surface area contributed by atoms with Crippen molar-refractivity contribution in [2.24, 2.45) is 5.73 Å². The van der Waals surface area contributed by atoms with Crippen LogP contribution in [0.1, 0.15) is 37.8 Å². The summed E-state index contributed by atoms with van der Waals surface area (Å²) in [4.78, 5) is 11.4. The van der Waals surface area contributed by atoms with E-state index in [1.54, 1.807) is 7.11 Å². The average Bonchev–Trinajstić information content (AvgIpc) is 2.43. The van der Waals surface area contributed by atoms with Crippen LogP contribution in [-0.4, -0.2) is 19.6 Å². The lowest BCUT2D eigenvalue weighted by molar-refractivity contribution is -0.120. The Balaban J connectivity index is 0.00000324.